The maximum Gasteiger partial charge on any atom is 0.411 e. The minimum atomic E-state index is -0.521. The first-order chi connectivity index (χ1) is 13.0. The van der Waals surface area contributed by atoms with E-state index in [2.05, 4.69) is 10.6 Å². The third kappa shape index (κ3) is 8.37. The summed E-state index contributed by atoms with van der Waals surface area (Å²) in [6, 6.07) is 18.4. The smallest absolute Gasteiger partial charge is 0.411 e. The SMILES string of the molecule is CC(COCC(C)OC(=O)Nc1ccccc1)CC(=O)Nc1ccccc1. The topological polar surface area (TPSA) is 76.7 Å². The number of para-hydroxylation sites is 2. The van der Waals surface area contributed by atoms with Crippen molar-refractivity contribution in [2.24, 2.45) is 5.92 Å². The summed E-state index contributed by atoms with van der Waals surface area (Å²) in [6.45, 7) is 4.39. The maximum absolute atomic E-state index is 12.0. The van der Waals surface area contributed by atoms with Gasteiger partial charge in [-0.05, 0) is 37.1 Å². The number of ether oxygens (including phenoxy) is 2. The highest BCUT2D eigenvalue weighted by Gasteiger charge is 2.13. The van der Waals surface area contributed by atoms with E-state index in [9.17, 15) is 9.59 Å². The molecule has 2 rings (SSSR count). The highest BCUT2D eigenvalue weighted by molar-refractivity contribution is 5.90. The summed E-state index contributed by atoms with van der Waals surface area (Å²) in [6.07, 6.45) is -0.551. The number of rotatable bonds is 9. The van der Waals surface area contributed by atoms with Crippen molar-refractivity contribution in [3.8, 4) is 0 Å². The first-order valence-electron chi connectivity index (χ1n) is 8.98. The zero-order chi connectivity index (χ0) is 19.5. The van der Waals surface area contributed by atoms with Gasteiger partial charge in [0.25, 0.3) is 0 Å². The third-order valence-electron chi connectivity index (χ3n) is 3.67. The van der Waals surface area contributed by atoms with E-state index in [1.807, 2.05) is 55.5 Å². The van der Waals surface area contributed by atoms with Gasteiger partial charge in [0.2, 0.25) is 5.91 Å². The van der Waals surface area contributed by atoms with Crippen LogP contribution in [0.5, 0.6) is 0 Å². The third-order valence-corrected chi connectivity index (χ3v) is 3.67. The summed E-state index contributed by atoms with van der Waals surface area (Å²) in [5.74, 6) is 0.00268. The molecule has 2 atom stereocenters. The lowest BCUT2D eigenvalue weighted by molar-refractivity contribution is -0.117. The van der Waals surface area contributed by atoms with Gasteiger partial charge < -0.3 is 14.8 Å². The Bertz CT molecular complexity index is 645. The van der Waals surface area contributed by atoms with Crippen LogP contribution in [0.4, 0.5) is 16.2 Å². The van der Waals surface area contributed by atoms with E-state index >= 15 is 0 Å². The minimum Gasteiger partial charge on any atom is -0.444 e. The molecule has 0 aliphatic heterocycles. The zero-order valence-corrected chi connectivity index (χ0v) is 15.7. The molecule has 6 heteroatoms. The standard InChI is InChI=1S/C21H26N2O4/c1-16(13-20(24)22-18-9-5-3-6-10-18)14-26-15-17(2)27-21(25)23-19-11-7-4-8-12-19/h3-12,16-17H,13-15H2,1-2H3,(H,22,24)(H,23,25). The lowest BCUT2D eigenvalue weighted by Gasteiger charge is -2.16. The van der Waals surface area contributed by atoms with Gasteiger partial charge >= 0.3 is 6.09 Å². The quantitative estimate of drug-likeness (QED) is 0.690. The molecule has 27 heavy (non-hydrogen) atoms. The molecule has 0 radical (unpaired) electrons. The summed E-state index contributed by atoms with van der Waals surface area (Å²) in [7, 11) is 0. The highest BCUT2D eigenvalue weighted by Crippen LogP contribution is 2.10. The Morgan fingerprint density at radius 3 is 2.00 bits per heavy atom. The van der Waals surface area contributed by atoms with Crippen molar-refractivity contribution in [3.63, 3.8) is 0 Å². The van der Waals surface area contributed by atoms with Crippen LogP contribution < -0.4 is 10.6 Å². The largest absolute Gasteiger partial charge is 0.444 e. The molecular formula is C21H26N2O4. The first-order valence-corrected chi connectivity index (χ1v) is 8.98. The van der Waals surface area contributed by atoms with Crippen LogP contribution in [-0.2, 0) is 14.3 Å². The second-order valence-electron chi connectivity index (χ2n) is 6.47. The van der Waals surface area contributed by atoms with Gasteiger partial charge in [0.05, 0.1) is 6.61 Å². The van der Waals surface area contributed by atoms with Gasteiger partial charge in [-0.1, -0.05) is 43.3 Å². The van der Waals surface area contributed by atoms with Gasteiger partial charge in [-0.15, -0.1) is 0 Å². The Kier molecular flexibility index (Phi) is 8.32. The fourth-order valence-electron chi connectivity index (χ4n) is 2.43. The van der Waals surface area contributed by atoms with Crippen molar-refractivity contribution in [1.82, 2.24) is 0 Å². The molecule has 0 saturated carbocycles. The fourth-order valence-corrected chi connectivity index (χ4v) is 2.43. The molecule has 2 amide bonds. The molecule has 0 aliphatic rings. The number of carbonyl (C=O) groups excluding carboxylic acids is 2. The normalized spacial score (nSPS) is 12.7. The van der Waals surface area contributed by atoms with E-state index in [4.69, 9.17) is 9.47 Å². The van der Waals surface area contributed by atoms with Gasteiger partial charge in [0, 0.05) is 24.4 Å². The van der Waals surface area contributed by atoms with E-state index in [1.54, 1.807) is 19.1 Å². The molecule has 0 spiro atoms. The second-order valence-corrected chi connectivity index (χ2v) is 6.47. The maximum atomic E-state index is 12.0. The molecule has 0 saturated heterocycles. The van der Waals surface area contributed by atoms with E-state index in [-0.39, 0.29) is 24.5 Å². The minimum absolute atomic E-state index is 0.0520. The predicted octanol–water partition coefficient (Wildman–Crippen LogP) is 4.31. The summed E-state index contributed by atoms with van der Waals surface area (Å²) >= 11 is 0. The summed E-state index contributed by atoms with van der Waals surface area (Å²) in [4.78, 5) is 23.8. The molecule has 0 fully saturated rings. The molecule has 2 aromatic carbocycles. The number of hydrogen-bond acceptors (Lipinski definition) is 4. The Hall–Kier alpha value is -2.86. The van der Waals surface area contributed by atoms with Crippen molar-refractivity contribution in [2.45, 2.75) is 26.4 Å². The number of nitrogens with one attached hydrogen (secondary N) is 2. The molecule has 2 unspecified atom stereocenters. The van der Waals surface area contributed by atoms with Gasteiger partial charge in [0.1, 0.15) is 6.10 Å². The molecule has 0 heterocycles. The van der Waals surface area contributed by atoms with E-state index < -0.39 is 6.09 Å². The van der Waals surface area contributed by atoms with Crippen LogP contribution in [0.15, 0.2) is 60.7 Å². The van der Waals surface area contributed by atoms with Crippen molar-refractivity contribution in [3.05, 3.63) is 60.7 Å². The monoisotopic (exact) mass is 370 g/mol. The summed E-state index contributed by atoms with van der Waals surface area (Å²) in [5.41, 5.74) is 1.45. The molecule has 0 bridgehead atoms. The fraction of sp³-hybridized carbons (Fsp3) is 0.333. The molecule has 0 aliphatic carbocycles. The van der Waals surface area contributed by atoms with E-state index in [1.165, 1.54) is 0 Å². The Balaban J connectivity index is 1.60. The van der Waals surface area contributed by atoms with Gasteiger partial charge in [-0.2, -0.15) is 0 Å². The number of anilines is 2. The zero-order valence-electron chi connectivity index (χ0n) is 15.7. The molecule has 2 aromatic rings. The molecule has 144 valence electrons. The van der Waals surface area contributed by atoms with Crippen LogP contribution in [0.25, 0.3) is 0 Å². The van der Waals surface area contributed by atoms with Crippen molar-refractivity contribution >= 4 is 23.4 Å². The van der Waals surface area contributed by atoms with Crippen molar-refractivity contribution in [1.29, 1.82) is 0 Å². The number of carbonyl (C=O) groups is 2. The van der Waals surface area contributed by atoms with Crippen LogP contribution in [-0.4, -0.2) is 31.3 Å². The van der Waals surface area contributed by atoms with Gasteiger partial charge in [0.15, 0.2) is 0 Å². The molecular weight excluding hydrogens is 344 g/mol. The van der Waals surface area contributed by atoms with Crippen LogP contribution in [0.2, 0.25) is 0 Å². The molecule has 6 nitrogen and oxygen atoms in total. The van der Waals surface area contributed by atoms with Gasteiger partial charge in [-0.3, -0.25) is 10.1 Å². The van der Waals surface area contributed by atoms with Crippen molar-refractivity contribution < 1.29 is 19.1 Å². The number of hydrogen-bond donors (Lipinski definition) is 2. The number of benzene rings is 2. The average molecular weight is 370 g/mol. The lowest BCUT2D eigenvalue weighted by atomic mass is 10.1. The van der Waals surface area contributed by atoms with Crippen molar-refractivity contribution in [2.75, 3.05) is 23.8 Å². The van der Waals surface area contributed by atoms with Crippen LogP contribution >= 0.6 is 0 Å². The Labute approximate surface area is 159 Å². The van der Waals surface area contributed by atoms with Crippen LogP contribution in [0.3, 0.4) is 0 Å². The molecule has 2 N–H and O–H groups in total. The first kappa shape index (κ1) is 20.5. The Morgan fingerprint density at radius 1 is 0.852 bits per heavy atom. The lowest BCUT2D eigenvalue weighted by Crippen LogP contribution is -2.25. The number of amides is 2. The van der Waals surface area contributed by atoms with Crippen LogP contribution in [0, 0.1) is 5.92 Å². The van der Waals surface area contributed by atoms with Crippen LogP contribution in [0.1, 0.15) is 20.3 Å². The average Bonchev–Trinajstić information content (AvgIpc) is 2.63. The summed E-state index contributed by atoms with van der Waals surface area (Å²) in [5, 5.41) is 5.50. The van der Waals surface area contributed by atoms with E-state index in [0.29, 0.717) is 18.7 Å². The predicted molar refractivity (Wildman–Crippen MR) is 106 cm³/mol. The molecule has 0 aromatic heterocycles. The summed E-state index contributed by atoms with van der Waals surface area (Å²) < 4.78 is 10.8. The van der Waals surface area contributed by atoms with E-state index in [0.717, 1.165) is 5.69 Å². The van der Waals surface area contributed by atoms with Gasteiger partial charge in [-0.25, -0.2) is 4.79 Å². The Morgan fingerprint density at radius 2 is 1.41 bits per heavy atom. The highest BCUT2D eigenvalue weighted by atomic mass is 16.6. The second kappa shape index (κ2) is 11.0.